The van der Waals surface area contributed by atoms with Crippen molar-refractivity contribution in [2.24, 2.45) is 0 Å². The van der Waals surface area contributed by atoms with Crippen molar-refractivity contribution in [2.75, 3.05) is 32.1 Å². The summed E-state index contributed by atoms with van der Waals surface area (Å²) in [6, 6.07) is 16.6. The van der Waals surface area contributed by atoms with Gasteiger partial charge in [-0.1, -0.05) is 60.7 Å². The number of nitrogens with zero attached hydrogens (tertiary/aromatic N) is 3. The second-order valence-electron chi connectivity index (χ2n) is 7.32. The molecule has 0 bridgehead atoms. The molecule has 0 spiro atoms. The van der Waals surface area contributed by atoms with E-state index in [9.17, 15) is 4.79 Å². The van der Waals surface area contributed by atoms with Crippen molar-refractivity contribution in [2.45, 2.75) is 5.92 Å². The molecule has 1 heterocycles. The second-order valence-corrected chi connectivity index (χ2v) is 7.32. The van der Waals surface area contributed by atoms with Gasteiger partial charge in [0, 0.05) is 44.5 Å². The Morgan fingerprint density at radius 1 is 1.03 bits per heavy atom. The number of alkyl carbamates (subject to hydrolysis) is 1. The summed E-state index contributed by atoms with van der Waals surface area (Å²) in [5.41, 5.74) is 5.70. The second kappa shape index (κ2) is 8.78. The van der Waals surface area contributed by atoms with Crippen LogP contribution in [0, 0.1) is 0 Å². The molecule has 6 heteroatoms. The number of nitrogens with one attached hydrogen (secondary N) is 1. The van der Waals surface area contributed by atoms with Gasteiger partial charge in [-0.3, -0.25) is 0 Å². The molecule has 1 amide bonds. The molecule has 0 radical (unpaired) electrons. The highest BCUT2D eigenvalue weighted by atomic mass is 16.5. The van der Waals surface area contributed by atoms with Crippen LogP contribution in [-0.4, -0.2) is 43.3 Å². The highest BCUT2D eigenvalue weighted by Crippen LogP contribution is 2.44. The van der Waals surface area contributed by atoms with Crippen LogP contribution in [0.3, 0.4) is 0 Å². The SMILES string of the molecule is CN(C)c1ncc(C=CCNC(=O)OCC2c3ccccc3-c3ccccc32)cn1. The Kier molecular flexibility index (Phi) is 5.75. The number of hydrogen-bond donors (Lipinski definition) is 1. The first-order valence-electron chi connectivity index (χ1n) is 9.88. The van der Waals surface area contributed by atoms with E-state index >= 15 is 0 Å². The maximum atomic E-state index is 12.2. The van der Waals surface area contributed by atoms with Crippen molar-refractivity contribution >= 4 is 18.1 Å². The van der Waals surface area contributed by atoms with E-state index in [0.717, 1.165) is 5.56 Å². The van der Waals surface area contributed by atoms with Gasteiger partial charge in [0.2, 0.25) is 5.95 Å². The van der Waals surface area contributed by atoms with Gasteiger partial charge in [-0.2, -0.15) is 0 Å². The number of fused-ring (bicyclic) bond motifs is 3. The van der Waals surface area contributed by atoms with Crippen molar-refractivity contribution in [3.05, 3.63) is 83.7 Å². The molecule has 0 saturated carbocycles. The summed E-state index contributed by atoms with van der Waals surface area (Å²) >= 11 is 0. The molecule has 0 aliphatic heterocycles. The molecule has 152 valence electrons. The minimum absolute atomic E-state index is 0.0612. The fourth-order valence-electron chi connectivity index (χ4n) is 3.63. The van der Waals surface area contributed by atoms with Gasteiger partial charge in [-0.25, -0.2) is 14.8 Å². The van der Waals surface area contributed by atoms with Crippen molar-refractivity contribution in [1.29, 1.82) is 0 Å². The minimum Gasteiger partial charge on any atom is -0.449 e. The van der Waals surface area contributed by atoms with E-state index < -0.39 is 6.09 Å². The molecular formula is C24H24N4O2. The van der Waals surface area contributed by atoms with E-state index in [4.69, 9.17) is 4.74 Å². The topological polar surface area (TPSA) is 67.4 Å². The molecule has 3 aromatic rings. The number of amides is 1. The van der Waals surface area contributed by atoms with Gasteiger partial charge in [-0.15, -0.1) is 0 Å². The van der Waals surface area contributed by atoms with Crippen molar-refractivity contribution in [3.63, 3.8) is 0 Å². The number of ether oxygens (including phenoxy) is 1. The number of carbonyl (C=O) groups excluding carboxylic acids is 1. The monoisotopic (exact) mass is 400 g/mol. The summed E-state index contributed by atoms with van der Waals surface area (Å²) in [5.74, 6) is 0.718. The Bertz CT molecular complexity index is 1020. The molecule has 1 aliphatic rings. The largest absolute Gasteiger partial charge is 0.449 e. The van der Waals surface area contributed by atoms with E-state index in [-0.39, 0.29) is 5.92 Å². The molecule has 4 rings (SSSR count). The predicted octanol–water partition coefficient (Wildman–Crippen LogP) is 4.09. The van der Waals surface area contributed by atoms with Crippen LogP contribution in [0.2, 0.25) is 0 Å². The molecule has 1 aliphatic carbocycles. The van der Waals surface area contributed by atoms with Gasteiger partial charge >= 0.3 is 6.09 Å². The van der Waals surface area contributed by atoms with Gasteiger partial charge in [0.15, 0.2) is 0 Å². The summed E-state index contributed by atoms with van der Waals surface area (Å²) in [5, 5.41) is 2.76. The fourth-order valence-corrected chi connectivity index (χ4v) is 3.63. The average molecular weight is 400 g/mol. The van der Waals surface area contributed by atoms with Crippen LogP contribution in [0.1, 0.15) is 22.6 Å². The number of anilines is 1. The lowest BCUT2D eigenvalue weighted by Gasteiger charge is -2.14. The summed E-state index contributed by atoms with van der Waals surface area (Å²) in [6.45, 7) is 0.676. The number of aromatic nitrogens is 2. The first kappa shape index (κ1) is 19.6. The third-order valence-corrected chi connectivity index (χ3v) is 5.08. The van der Waals surface area contributed by atoms with Crippen LogP contribution >= 0.6 is 0 Å². The van der Waals surface area contributed by atoms with E-state index in [2.05, 4.69) is 39.6 Å². The molecule has 0 saturated heterocycles. The molecule has 0 fully saturated rings. The summed E-state index contributed by atoms with van der Waals surface area (Å²) in [6.07, 6.45) is 6.76. The third-order valence-electron chi connectivity index (χ3n) is 5.08. The normalized spacial score (nSPS) is 12.5. The number of rotatable bonds is 6. The zero-order valence-electron chi connectivity index (χ0n) is 17.1. The van der Waals surface area contributed by atoms with Gasteiger partial charge in [0.1, 0.15) is 6.61 Å². The Morgan fingerprint density at radius 2 is 1.63 bits per heavy atom. The molecule has 1 N–H and O–H groups in total. The highest BCUT2D eigenvalue weighted by Gasteiger charge is 2.28. The first-order valence-corrected chi connectivity index (χ1v) is 9.88. The quantitative estimate of drug-likeness (QED) is 0.675. The summed E-state index contributed by atoms with van der Waals surface area (Å²) < 4.78 is 5.52. The van der Waals surface area contributed by atoms with Crippen LogP contribution in [0.4, 0.5) is 10.7 Å². The molecule has 30 heavy (non-hydrogen) atoms. The zero-order valence-corrected chi connectivity index (χ0v) is 17.1. The summed E-state index contributed by atoms with van der Waals surface area (Å²) in [7, 11) is 3.78. The van der Waals surface area contributed by atoms with Crippen LogP contribution in [0.5, 0.6) is 0 Å². The lowest BCUT2D eigenvalue weighted by atomic mass is 9.98. The van der Waals surface area contributed by atoms with Crippen molar-refractivity contribution in [3.8, 4) is 11.1 Å². The Morgan fingerprint density at radius 3 is 2.23 bits per heavy atom. The van der Waals surface area contributed by atoms with Crippen molar-refractivity contribution < 1.29 is 9.53 Å². The molecular weight excluding hydrogens is 376 g/mol. The number of benzene rings is 2. The highest BCUT2D eigenvalue weighted by molar-refractivity contribution is 5.79. The van der Waals surface area contributed by atoms with Gasteiger partial charge in [-0.05, 0) is 22.3 Å². The van der Waals surface area contributed by atoms with E-state index in [1.54, 1.807) is 12.4 Å². The van der Waals surface area contributed by atoms with Gasteiger partial charge < -0.3 is 15.0 Å². The van der Waals surface area contributed by atoms with Crippen LogP contribution < -0.4 is 10.2 Å². The maximum Gasteiger partial charge on any atom is 0.407 e. The Hall–Kier alpha value is -3.67. The first-order chi connectivity index (χ1) is 14.6. The summed E-state index contributed by atoms with van der Waals surface area (Å²) in [4.78, 5) is 22.5. The van der Waals surface area contributed by atoms with Gasteiger partial charge in [0.25, 0.3) is 0 Å². The lowest BCUT2D eigenvalue weighted by molar-refractivity contribution is 0.144. The molecule has 0 atom stereocenters. The van der Waals surface area contributed by atoms with Crippen molar-refractivity contribution in [1.82, 2.24) is 15.3 Å². The maximum absolute atomic E-state index is 12.2. The van der Waals surface area contributed by atoms with E-state index in [1.165, 1.54) is 22.3 Å². The van der Waals surface area contributed by atoms with E-state index in [0.29, 0.717) is 19.1 Å². The third kappa shape index (κ3) is 4.17. The number of carbonyl (C=O) groups is 1. The van der Waals surface area contributed by atoms with Gasteiger partial charge in [0.05, 0.1) is 0 Å². The smallest absolute Gasteiger partial charge is 0.407 e. The standard InChI is InChI=1S/C24H24N4O2/c1-28(2)23-26-14-17(15-27-23)8-7-13-25-24(29)30-16-22-20-11-5-3-9-18(20)19-10-4-6-12-21(19)22/h3-12,14-15,22H,13,16H2,1-2H3,(H,25,29). The van der Waals surface area contributed by atoms with E-state index in [1.807, 2.05) is 55.4 Å². The van der Waals surface area contributed by atoms with Crippen LogP contribution in [0.15, 0.2) is 67.0 Å². The molecule has 0 unspecified atom stereocenters. The minimum atomic E-state index is -0.430. The Balaban J connectivity index is 1.30. The fraction of sp³-hybridized carbons (Fsp3) is 0.208. The molecule has 1 aromatic heterocycles. The molecule has 2 aromatic carbocycles. The van der Waals surface area contributed by atoms with Crippen LogP contribution in [0.25, 0.3) is 17.2 Å². The predicted molar refractivity (Wildman–Crippen MR) is 118 cm³/mol. The van der Waals surface area contributed by atoms with Crippen LogP contribution in [-0.2, 0) is 4.74 Å². The Labute approximate surface area is 176 Å². The zero-order chi connectivity index (χ0) is 20.9. The number of hydrogen-bond acceptors (Lipinski definition) is 5. The average Bonchev–Trinajstić information content (AvgIpc) is 3.09. The molecule has 6 nitrogen and oxygen atoms in total. The lowest BCUT2D eigenvalue weighted by Crippen LogP contribution is -2.26.